The Morgan fingerprint density at radius 2 is 1.74 bits per heavy atom. The van der Waals surface area contributed by atoms with Gasteiger partial charge < -0.3 is 10.6 Å². The fraction of sp³-hybridized carbons (Fsp3) is 0.400. The van der Waals surface area contributed by atoms with Gasteiger partial charge in [0.05, 0.1) is 12.7 Å². The van der Waals surface area contributed by atoms with Gasteiger partial charge in [-0.25, -0.2) is 0 Å². The first kappa shape index (κ1) is 12.2. The maximum atomic E-state index is 5.70. The zero-order chi connectivity index (χ0) is 13.1. The Bertz CT molecular complexity index is 523. The van der Waals surface area contributed by atoms with E-state index in [9.17, 15) is 0 Å². The monoisotopic (exact) mass is 256 g/mol. The maximum absolute atomic E-state index is 5.70. The van der Waals surface area contributed by atoms with E-state index < -0.39 is 0 Å². The molecule has 1 aromatic heterocycles. The van der Waals surface area contributed by atoms with E-state index in [0.717, 1.165) is 24.3 Å². The van der Waals surface area contributed by atoms with Crippen LogP contribution < -0.4 is 5.73 Å². The summed E-state index contributed by atoms with van der Waals surface area (Å²) < 4.78 is 2.03. The van der Waals surface area contributed by atoms with Crippen LogP contribution in [-0.2, 0) is 6.54 Å². The molecule has 1 saturated heterocycles. The van der Waals surface area contributed by atoms with Crippen LogP contribution in [0.1, 0.15) is 12.8 Å². The van der Waals surface area contributed by atoms with Gasteiger partial charge in [0, 0.05) is 24.0 Å². The SMILES string of the molecule is Nc1ccc(-c2cnn(CCN3CCCC3)c2)cc1. The number of nitrogens with two attached hydrogens (primary N) is 1. The van der Waals surface area contributed by atoms with Crippen molar-refractivity contribution < 1.29 is 0 Å². The van der Waals surface area contributed by atoms with Gasteiger partial charge in [-0.05, 0) is 43.6 Å². The van der Waals surface area contributed by atoms with Crippen LogP contribution in [0.15, 0.2) is 36.7 Å². The Labute approximate surface area is 113 Å². The molecule has 2 aromatic rings. The minimum Gasteiger partial charge on any atom is -0.399 e. The Balaban J connectivity index is 1.63. The number of hydrogen-bond donors (Lipinski definition) is 1. The molecule has 4 nitrogen and oxygen atoms in total. The van der Waals surface area contributed by atoms with Crippen LogP contribution in [-0.4, -0.2) is 34.3 Å². The minimum absolute atomic E-state index is 0.796. The molecular weight excluding hydrogens is 236 g/mol. The molecule has 0 atom stereocenters. The van der Waals surface area contributed by atoms with Crippen molar-refractivity contribution in [3.05, 3.63) is 36.7 Å². The summed E-state index contributed by atoms with van der Waals surface area (Å²) in [6.45, 7) is 4.55. The van der Waals surface area contributed by atoms with E-state index >= 15 is 0 Å². The number of anilines is 1. The highest BCUT2D eigenvalue weighted by molar-refractivity contribution is 5.63. The quantitative estimate of drug-likeness (QED) is 0.853. The summed E-state index contributed by atoms with van der Waals surface area (Å²) in [5.41, 5.74) is 8.82. The van der Waals surface area contributed by atoms with Crippen LogP contribution in [0.25, 0.3) is 11.1 Å². The van der Waals surface area contributed by atoms with Gasteiger partial charge in [0.2, 0.25) is 0 Å². The van der Waals surface area contributed by atoms with Crippen molar-refractivity contribution >= 4 is 5.69 Å². The summed E-state index contributed by atoms with van der Waals surface area (Å²) in [7, 11) is 0. The van der Waals surface area contributed by atoms with Crippen molar-refractivity contribution in [1.82, 2.24) is 14.7 Å². The molecule has 4 heteroatoms. The number of rotatable bonds is 4. The van der Waals surface area contributed by atoms with Crippen molar-refractivity contribution in [3.8, 4) is 11.1 Å². The van der Waals surface area contributed by atoms with E-state index in [2.05, 4.69) is 16.2 Å². The predicted molar refractivity (Wildman–Crippen MR) is 77.7 cm³/mol. The largest absolute Gasteiger partial charge is 0.399 e. The van der Waals surface area contributed by atoms with Crippen LogP contribution in [0.3, 0.4) is 0 Å². The zero-order valence-corrected chi connectivity index (χ0v) is 11.1. The van der Waals surface area contributed by atoms with Gasteiger partial charge in [0.1, 0.15) is 0 Å². The first-order valence-corrected chi connectivity index (χ1v) is 6.92. The van der Waals surface area contributed by atoms with Crippen LogP contribution in [0, 0.1) is 0 Å². The lowest BCUT2D eigenvalue weighted by Crippen LogP contribution is -2.24. The van der Waals surface area contributed by atoms with Gasteiger partial charge in [-0.15, -0.1) is 0 Å². The summed E-state index contributed by atoms with van der Waals surface area (Å²) in [4.78, 5) is 2.50. The Morgan fingerprint density at radius 1 is 1.00 bits per heavy atom. The third-order valence-electron chi connectivity index (χ3n) is 3.72. The van der Waals surface area contributed by atoms with Gasteiger partial charge in [0.15, 0.2) is 0 Å². The molecular formula is C15H20N4. The van der Waals surface area contributed by atoms with Gasteiger partial charge >= 0.3 is 0 Å². The first-order chi connectivity index (χ1) is 9.31. The van der Waals surface area contributed by atoms with Gasteiger partial charge in [0.25, 0.3) is 0 Å². The molecule has 1 aromatic carbocycles. The minimum atomic E-state index is 0.796. The highest BCUT2D eigenvalue weighted by Crippen LogP contribution is 2.19. The third-order valence-corrected chi connectivity index (χ3v) is 3.72. The molecule has 100 valence electrons. The molecule has 0 unspecified atom stereocenters. The molecule has 3 rings (SSSR count). The second-order valence-corrected chi connectivity index (χ2v) is 5.16. The summed E-state index contributed by atoms with van der Waals surface area (Å²) >= 11 is 0. The zero-order valence-electron chi connectivity index (χ0n) is 11.1. The van der Waals surface area contributed by atoms with Crippen molar-refractivity contribution in [3.63, 3.8) is 0 Å². The molecule has 2 N–H and O–H groups in total. The highest BCUT2D eigenvalue weighted by Gasteiger charge is 2.11. The molecule has 2 heterocycles. The van der Waals surface area contributed by atoms with Crippen molar-refractivity contribution in [1.29, 1.82) is 0 Å². The smallest absolute Gasteiger partial charge is 0.0568 e. The summed E-state index contributed by atoms with van der Waals surface area (Å²) in [5.74, 6) is 0. The lowest BCUT2D eigenvalue weighted by molar-refractivity contribution is 0.316. The summed E-state index contributed by atoms with van der Waals surface area (Å²) in [6, 6.07) is 7.93. The number of nitrogen functional groups attached to an aromatic ring is 1. The molecule has 19 heavy (non-hydrogen) atoms. The topological polar surface area (TPSA) is 47.1 Å². The molecule has 0 amide bonds. The maximum Gasteiger partial charge on any atom is 0.0568 e. The van der Waals surface area contributed by atoms with E-state index in [0.29, 0.717) is 0 Å². The number of hydrogen-bond acceptors (Lipinski definition) is 3. The Morgan fingerprint density at radius 3 is 2.47 bits per heavy atom. The predicted octanol–water partition coefficient (Wildman–Crippen LogP) is 2.23. The number of likely N-dealkylation sites (tertiary alicyclic amines) is 1. The van der Waals surface area contributed by atoms with Gasteiger partial charge in [-0.3, -0.25) is 4.68 Å². The van der Waals surface area contributed by atoms with Crippen LogP contribution in [0.2, 0.25) is 0 Å². The molecule has 0 bridgehead atoms. The number of benzene rings is 1. The lowest BCUT2D eigenvalue weighted by atomic mass is 10.1. The average Bonchev–Trinajstić information content (AvgIpc) is 3.09. The second-order valence-electron chi connectivity index (χ2n) is 5.16. The molecule has 0 spiro atoms. The van der Waals surface area contributed by atoms with Crippen LogP contribution in [0.5, 0.6) is 0 Å². The standard InChI is InChI=1S/C15H20N4/c16-15-5-3-13(4-6-15)14-11-17-19(12-14)10-9-18-7-1-2-8-18/h3-6,11-12H,1-2,7-10,16H2. The van der Waals surface area contributed by atoms with Crippen molar-refractivity contribution in [2.45, 2.75) is 19.4 Å². The van der Waals surface area contributed by atoms with Crippen LogP contribution in [0.4, 0.5) is 5.69 Å². The van der Waals surface area contributed by atoms with E-state index in [4.69, 9.17) is 5.73 Å². The number of nitrogens with zero attached hydrogens (tertiary/aromatic N) is 3. The molecule has 0 saturated carbocycles. The van der Waals surface area contributed by atoms with E-state index in [1.807, 2.05) is 35.1 Å². The lowest BCUT2D eigenvalue weighted by Gasteiger charge is -2.13. The van der Waals surface area contributed by atoms with E-state index in [1.165, 1.54) is 31.5 Å². The normalized spacial score (nSPS) is 16.0. The number of aromatic nitrogens is 2. The molecule has 1 fully saturated rings. The average molecular weight is 256 g/mol. The fourth-order valence-electron chi connectivity index (χ4n) is 2.56. The third kappa shape index (κ3) is 2.96. The Kier molecular flexibility index (Phi) is 3.51. The van der Waals surface area contributed by atoms with Crippen LogP contribution >= 0.6 is 0 Å². The molecule has 1 aliphatic rings. The van der Waals surface area contributed by atoms with Gasteiger partial charge in [-0.2, -0.15) is 5.10 Å². The summed E-state index contributed by atoms with van der Waals surface area (Å²) in [5, 5.41) is 4.43. The second kappa shape index (κ2) is 5.45. The summed E-state index contributed by atoms with van der Waals surface area (Å²) in [6.07, 6.45) is 6.72. The molecule has 1 aliphatic heterocycles. The first-order valence-electron chi connectivity index (χ1n) is 6.92. The molecule has 0 aliphatic carbocycles. The van der Waals surface area contributed by atoms with E-state index in [1.54, 1.807) is 0 Å². The van der Waals surface area contributed by atoms with Crippen molar-refractivity contribution in [2.75, 3.05) is 25.4 Å². The van der Waals surface area contributed by atoms with E-state index in [-0.39, 0.29) is 0 Å². The fourth-order valence-corrected chi connectivity index (χ4v) is 2.56. The van der Waals surface area contributed by atoms with Gasteiger partial charge in [-0.1, -0.05) is 12.1 Å². The van der Waals surface area contributed by atoms with Crippen molar-refractivity contribution in [2.24, 2.45) is 0 Å². The highest BCUT2D eigenvalue weighted by atomic mass is 15.3. The Hall–Kier alpha value is -1.81. The molecule has 0 radical (unpaired) electrons.